The summed E-state index contributed by atoms with van der Waals surface area (Å²) in [5.41, 5.74) is 0.788. The van der Waals surface area contributed by atoms with Gasteiger partial charge in [-0.2, -0.15) is 4.98 Å². The highest BCUT2D eigenvalue weighted by molar-refractivity contribution is 7.21. The van der Waals surface area contributed by atoms with Crippen LogP contribution in [-0.4, -0.2) is 17.0 Å². The van der Waals surface area contributed by atoms with Gasteiger partial charge >= 0.3 is 0 Å². The van der Waals surface area contributed by atoms with Crippen LogP contribution in [-0.2, 0) is 0 Å². The Balaban J connectivity index is 2.55. The van der Waals surface area contributed by atoms with Crippen molar-refractivity contribution in [2.75, 3.05) is 12.4 Å². The molecule has 16 heavy (non-hydrogen) atoms. The van der Waals surface area contributed by atoms with E-state index < -0.39 is 0 Å². The van der Waals surface area contributed by atoms with Crippen LogP contribution in [0.5, 0.6) is 0 Å². The lowest BCUT2D eigenvalue weighted by Gasteiger charge is -1.95. The van der Waals surface area contributed by atoms with Crippen LogP contribution in [0.2, 0.25) is 0 Å². The Hall–Kier alpha value is -1.88. The van der Waals surface area contributed by atoms with Crippen LogP contribution in [0.3, 0.4) is 0 Å². The molecule has 0 saturated carbocycles. The average molecular weight is 231 g/mol. The molecule has 3 rings (SSSR count). The standard InChI is InChI=1S/C11H9N3OS/c1-12-11-14-9(15)8-6-4-2-3-5-7(6)13-10(8)16-11/h2-5,13H,1H3,(H,12,14,15). The number of aromatic nitrogens is 2. The normalized spacial score (nSPS) is 11.1. The number of nitrogens with one attached hydrogen (secondary N) is 2. The molecule has 5 heteroatoms. The zero-order chi connectivity index (χ0) is 11.1. The lowest BCUT2D eigenvalue weighted by molar-refractivity contribution is 1.29. The fourth-order valence-corrected chi connectivity index (χ4v) is 2.66. The molecule has 4 nitrogen and oxygen atoms in total. The predicted octanol–water partition coefficient (Wildman–Crippen LogP) is 2.18. The summed E-state index contributed by atoms with van der Waals surface area (Å²) in [5.74, 6) is 0. The SMILES string of the molecule is CNc1nc(=O)c2c([nH]c3ccccc32)s1. The Bertz CT molecular complexity index is 729. The number of hydrogen-bond acceptors (Lipinski definition) is 4. The first-order chi connectivity index (χ1) is 7.79. The molecule has 0 atom stereocenters. The molecule has 0 unspecified atom stereocenters. The minimum Gasteiger partial charge on any atom is -0.364 e. The third-order valence-electron chi connectivity index (χ3n) is 2.50. The fraction of sp³-hybridized carbons (Fsp3) is 0.0909. The van der Waals surface area contributed by atoms with E-state index in [-0.39, 0.29) is 5.56 Å². The molecule has 3 aromatic rings. The molecule has 0 spiro atoms. The Morgan fingerprint density at radius 2 is 2.19 bits per heavy atom. The summed E-state index contributed by atoms with van der Waals surface area (Å²) in [6.07, 6.45) is 0. The highest BCUT2D eigenvalue weighted by Crippen LogP contribution is 2.26. The molecule has 0 bridgehead atoms. The second kappa shape index (κ2) is 3.31. The second-order valence-corrected chi connectivity index (χ2v) is 4.45. The molecule has 0 saturated heterocycles. The van der Waals surface area contributed by atoms with E-state index >= 15 is 0 Å². The molecule has 0 radical (unpaired) electrons. The number of anilines is 1. The molecular weight excluding hydrogens is 222 g/mol. The van der Waals surface area contributed by atoms with Gasteiger partial charge in [-0.05, 0) is 6.07 Å². The van der Waals surface area contributed by atoms with Crippen molar-refractivity contribution in [1.82, 2.24) is 9.97 Å². The van der Waals surface area contributed by atoms with Crippen LogP contribution in [0.25, 0.3) is 21.1 Å². The molecule has 2 heterocycles. The summed E-state index contributed by atoms with van der Waals surface area (Å²) in [6, 6.07) is 7.76. The molecule has 80 valence electrons. The quantitative estimate of drug-likeness (QED) is 0.675. The van der Waals surface area contributed by atoms with E-state index in [4.69, 9.17) is 0 Å². The van der Waals surface area contributed by atoms with E-state index in [1.165, 1.54) is 11.3 Å². The Kier molecular flexibility index (Phi) is 1.94. The van der Waals surface area contributed by atoms with Crippen molar-refractivity contribution in [3.8, 4) is 0 Å². The Morgan fingerprint density at radius 1 is 1.38 bits per heavy atom. The van der Waals surface area contributed by atoms with E-state index in [1.54, 1.807) is 7.05 Å². The maximum atomic E-state index is 11.9. The summed E-state index contributed by atoms with van der Waals surface area (Å²) < 4.78 is 0. The summed E-state index contributed by atoms with van der Waals surface area (Å²) in [7, 11) is 1.76. The van der Waals surface area contributed by atoms with Crippen LogP contribution in [0, 0.1) is 0 Å². The van der Waals surface area contributed by atoms with Crippen molar-refractivity contribution >= 4 is 37.6 Å². The van der Waals surface area contributed by atoms with Gasteiger partial charge in [-0.25, -0.2) is 0 Å². The van der Waals surface area contributed by atoms with Crippen LogP contribution in [0.15, 0.2) is 29.1 Å². The third-order valence-corrected chi connectivity index (χ3v) is 3.50. The Morgan fingerprint density at radius 3 is 3.00 bits per heavy atom. The number of fused-ring (bicyclic) bond motifs is 3. The Labute approximate surface area is 95.0 Å². The van der Waals surface area contributed by atoms with Crippen molar-refractivity contribution in [2.45, 2.75) is 0 Å². The largest absolute Gasteiger partial charge is 0.364 e. The van der Waals surface area contributed by atoms with Gasteiger partial charge in [0.05, 0.1) is 5.39 Å². The molecule has 1 aromatic carbocycles. The molecule has 0 aliphatic rings. The van der Waals surface area contributed by atoms with Crippen molar-refractivity contribution < 1.29 is 0 Å². The number of rotatable bonds is 1. The minimum atomic E-state index is -0.185. The lowest BCUT2D eigenvalue weighted by Crippen LogP contribution is -2.06. The molecular formula is C11H9N3OS. The zero-order valence-corrected chi connectivity index (χ0v) is 9.39. The maximum absolute atomic E-state index is 11.9. The number of para-hydroxylation sites is 1. The van der Waals surface area contributed by atoms with Gasteiger partial charge in [0.2, 0.25) is 0 Å². The molecule has 0 aliphatic heterocycles. The molecule has 2 aromatic heterocycles. The van der Waals surface area contributed by atoms with Gasteiger partial charge in [-0.3, -0.25) is 4.79 Å². The number of aromatic amines is 1. The van der Waals surface area contributed by atoms with E-state index in [0.29, 0.717) is 10.5 Å². The minimum absolute atomic E-state index is 0.185. The summed E-state index contributed by atoms with van der Waals surface area (Å²) in [6.45, 7) is 0. The van der Waals surface area contributed by atoms with Gasteiger partial charge in [-0.15, -0.1) is 0 Å². The predicted molar refractivity (Wildman–Crippen MR) is 67.3 cm³/mol. The average Bonchev–Trinajstić information content (AvgIpc) is 2.67. The smallest absolute Gasteiger partial charge is 0.283 e. The van der Waals surface area contributed by atoms with Gasteiger partial charge in [0, 0.05) is 18.0 Å². The zero-order valence-electron chi connectivity index (χ0n) is 8.57. The molecule has 0 fully saturated rings. The highest BCUT2D eigenvalue weighted by Gasteiger charge is 2.09. The summed E-state index contributed by atoms with van der Waals surface area (Å²) in [5, 5.41) is 5.14. The first-order valence-corrected chi connectivity index (χ1v) is 5.70. The highest BCUT2D eigenvalue weighted by atomic mass is 32.1. The van der Waals surface area contributed by atoms with Crippen LogP contribution in [0.1, 0.15) is 0 Å². The van der Waals surface area contributed by atoms with Gasteiger partial charge < -0.3 is 10.3 Å². The monoisotopic (exact) mass is 231 g/mol. The van der Waals surface area contributed by atoms with Gasteiger partial charge in [0.25, 0.3) is 5.56 Å². The summed E-state index contributed by atoms with van der Waals surface area (Å²) in [4.78, 5) is 19.9. The number of hydrogen-bond donors (Lipinski definition) is 2. The summed E-state index contributed by atoms with van der Waals surface area (Å²) >= 11 is 1.45. The second-order valence-electron chi connectivity index (χ2n) is 3.45. The van der Waals surface area contributed by atoms with Crippen molar-refractivity contribution in [1.29, 1.82) is 0 Å². The topological polar surface area (TPSA) is 57.8 Å². The first-order valence-electron chi connectivity index (χ1n) is 4.89. The third kappa shape index (κ3) is 1.22. The molecule has 0 aliphatic carbocycles. The van der Waals surface area contributed by atoms with Crippen LogP contribution >= 0.6 is 11.3 Å². The molecule has 0 amide bonds. The number of H-pyrrole nitrogens is 1. The van der Waals surface area contributed by atoms with E-state index in [2.05, 4.69) is 15.3 Å². The van der Waals surface area contributed by atoms with E-state index in [0.717, 1.165) is 15.7 Å². The maximum Gasteiger partial charge on any atom is 0.283 e. The first kappa shape index (κ1) is 9.35. The fourth-order valence-electron chi connectivity index (χ4n) is 1.78. The number of nitrogens with zero attached hydrogens (tertiary/aromatic N) is 1. The van der Waals surface area contributed by atoms with E-state index in [9.17, 15) is 4.79 Å². The van der Waals surface area contributed by atoms with Gasteiger partial charge in [0.15, 0.2) is 5.13 Å². The van der Waals surface area contributed by atoms with Crippen molar-refractivity contribution in [3.05, 3.63) is 34.6 Å². The van der Waals surface area contributed by atoms with Crippen molar-refractivity contribution in [2.24, 2.45) is 0 Å². The van der Waals surface area contributed by atoms with E-state index in [1.807, 2.05) is 24.3 Å². The van der Waals surface area contributed by atoms with Gasteiger partial charge in [-0.1, -0.05) is 29.5 Å². The van der Waals surface area contributed by atoms with Gasteiger partial charge in [0.1, 0.15) is 4.83 Å². The van der Waals surface area contributed by atoms with Crippen LogP contribution < -0.4 is 10.9 Å². The van der Waals surface area contributed by atoms with Crippen LogP contribution in [0.4, 0.5) is 5.13 Å². The molecule has 2 N–H and O–H groups in total. The number of benzene rings is 1. The van der Waals surface area contributed by atoms with Crippen molar-refractivity contribution in [3.63, 3.8) is 0 Å². The lowest BCUT2D eigenvalue weighted by atomic mass is 10.2.